The fourth-order valence-electron chi connectivity index (χ4n) is 12.7. The van der Waals surface area contributed by atoms with Crippen molar-refractivity contribution in [3.05, 3.63) is 108 Å². The summed E-state index contributed by atoms with van der Waals surface area (Å²) < 4.78 is 46.7. The number of aromatic nitrogens is 6. The van der Waals surface area contributed by atoms with Gasteiger partial charge in [-0.15, -0.1) is 10.2 Å². The van der Waals surface area contributed by atoms with Gasteiger partial charge in [0.1, 0.15) is 59.5 Å². The number of hydrogen-bond donors (Lipinski definition) is 3. The van der Waals surface area contributed by atoms with E-state index in [-0.39, 0.29) is 124 Å². The van der Waals surface area contributed by atoms with Crippen molar-refractivity contribution in [3.63, 3.8) is 0 Å². The number of fused-ring (bicyclic) bond motifs is 10. The Morgan fingerprint density at radius 2 is 0.873 bits per heavy atom. The van der Waals surface area contributed by atoms with Gasteiger partial charge in [-0.05, 0) is 151 Å². The third kappa shape index (κ3) is 29.0. The molecule has 2 atom stereocenters. The van der Waals surface area contributed by atoms with Gasteiger partial charge in [0.15, 0.2) is 0 Å². The Bertz CT molecular complexity index is 3990. The van der Waals surface area contributed by atoms with E-state index in [0.717, 1.165) is 46.4 Å². The summed E-state index contributed by atoms with van der Waals surface area (Å²) in [5.74, 6) is -1.76. The van der Waals surface area contributed by atoms with Gasteiger partial charge in [0, 0.05) is 86.6 Å². The van der Waals surface area contributed by atoms with Gasteiger partial charge in [-0.3, -0.25) is 44.2 Å². The number of nitrogens with one attached hydrogen (secondary N) is 3. The lowest BCUT2D eigenvalue weighted by Gasteiger charge is -2.30. The first-order valence-corrected chi connectivity index (χ1v) is 38.4. The quantitative estimate of drug-likeness (QED) is 0.0140. The van der Waals surface area contributed by atoms with Crippen molar-refractivity contribution in [2.24, 2.45) is 0 Å². The highest BCUT2D eigenvalue weighted by Crippen LogP contribution is 2.43. The Kier molecular flexibility index (Phi) is 34.4. The van der Waals surface area contributed by atoms with Gasteiger partial charge >= 0.3 is 24.0 Å². The van der Waals surface area contributed by atoms with Crippen LogP contribution < -0.4 is 25.8 Å². The summed E-state index contributed by atoms with van der Waals surface area (Å²) >= 11 is 0. The molecule has 0 aliphatic carbocycles. The molecule has 2 unspecified atom stereocenters. The monoisotopic (exact) mass is 1520 g/mol. The molecule has 0 radical (unpaired) electrons. The number of benzene rings is 4. The van der Waals surface area contributed by atoms with E-state index in [4.69, 9.17) is 37.9 Å². The molecule has 27 heteroatoms. The number of Topliss-reactive ketones (excluding diaryl/α,β-unsaturated/α-hetero) is 2. The third-order valence-corrected chi connectivity index (χ3v) is 17.5. The molecule has 4 heterocycles. The number of unbranched alkanes of at least 4 members (excludes halogenated alkanes) is 3. The second kappa shape index (κ2) is 42.9. The summed E-state index contributed by atoms with van der Waals surface area (Å²) in [5, 5.41) is 27.6. The van der Waals surface area contributed by atoms with Crippen LogP contribution in [0.15, 0.2) is 97.1 Å². The normalized spacial score (nSPS) is 13.1. The average molecular weight is 1520 g/mol. The van der Waals surface area contributed by atoms with Crippen LogP contribution in [-0.2, 0) is 97.6 Å². The number of alkyl carbamates (subject to hydrolysis) is 1. The van der Waals surface area contributed by atoms with Crippen molar-refractivity contribution in [3.8, 4) is 45.0 Å². The fraction of sp³-hybridized carbons (Fsp3) is 0.566. The first-order valence-electron chi connectivity index (χ1n) is 38.4. The van der Waals surface area contributed by atoms with Crippen LogP contribution in [0, 0.1) is 0 Å². The Morgan fingerprint density at radius 1 is 0.445 bits per heavy atom. The standard InChI is InChI=1S/C42H59N5O8.C41H58N6O8/c1-41(2,3)43-34(40(51)55-42(4,5)6)20-9-8-10-22-37(50)54-25-23-47-39-33-19-13-14-21-35(33)46(29-30-16-11-12-18-32(30)38(39)44-45-47)36(49)28-31(48)17-15-24-53-27-26-52-7;1-40(2,3)43-33(38(50)55-41(4,5)6)19-12-13-21-42-39(51)54-24-22-47-37-31-17-9-8-15-29(31)28-46(34-20-11-10-18-32(34)36(37)44-45-47)35(49)27-30(48)16-14-23-53-26-25-52-7/h11-14,16,18-19,21,34,43H,8-10,15,17,20,22-29H2,1-7H3;8-11,15,17-18,20,33,43H,12-14,16,19,21-28H2,1-7H3,(H,42,51). The molecule has 2 aromatic heterocycles. The van der Waals surface area contributed by atoms with E-state index >= 15 is 0 Å². The first kappa shape index (κ1) is 88.1. The second-order valence-electron chi connectivity index (χ2n) is 31.5. The molecule has 0 saturated heterocycles. The maximum Gasteiger partial charge on any atom is 0.407 e. The molecule has 8 rings (SSSR count). The van der Waals surface area contributed by atoms with Gasteiger partial charge in [0.05, 0.1) is 88.2 Å². The molecule has 0 saturated carbocycles. The second-order valence-corrected chi connectivity index (χ2v) is 31.5. The van der Waals surface area contributed by atoms with Crippen LogP contribution in [0.5, 0.6) is 0 Å². The third-order valence-electron chi connectivity index (χ3n) is 17.5. The van der Waals surface area contributed by atoms with E-state index in [2.05, 4.69) is 36.6 Å². The number of carbonyl (C=O) groups excluding carboxylic acids is 8. The molecule has 2 aliphatic heterocycles. The molecule has 0 spiro atoms. The van der Waals surface area contributed by atoms with Crippen LogP contribution in [0.2, 0.25) is 0 Å². The molecule has 6 aromatic rings. The van der Waals surface area contributed by atoms with Crippen LogP contribution in [-0.4, -0.2) is 185 Å². The van der Waals surface area contributed by atoms with Gasteiger partial charge in [-0.25, -0.2) is 14.2 Å². The smallest absolute Gasteiger partial charge is 0.407 e. The van der Waals surface area contributed by atoms with Crippen molar-refractivity contribution in [2.45, 2.75) is 234 Å². The number of para-hydroxylation sites is 2. The number of esters is 3. The summed E-state index contributed by atoms with van der Waals surface area (Å²) in [7, 11) is 3.21. The summed E-state index contributed by atoms with van der Waals surface area (Å²) in [4.78, 5) is 108. The molecular weight excluding hydrogens is 1410 g/mol. The van der Waals surface area contributed by atoms with E-state index < -0.39 is 29.4 Å². The molecule has 27 nitrogen and oxygen atoms in total. The van der Waals surface area contributed by atoms with Gasteiger partial charge in [-0.1, -0.05) is 108 Å². The Labute approximate surface area is 648 Å². The highest BCUT2D eigenvalue weighted by molar-refractivity contribution is 6.09. The minimum absolute atomic E-state index is 0.0474. The fourth-order valence-corrected chi connectivity index (χ4v) is 12.7. The molecule has 110 heavy (non-hydrogen) atoms. The van der Waals surface area contributed by atoms with Crippen LogP contribution in [0.25, 0.3) is 45.0 Å². The minimum atomic E-state index is -0.580. The van der Waals surface area contributed by atoms with E-state index in [1.165, 1.54) is 0 Å². The molecule has 2 aliphatic rings. The van der Waals surface area contributed by atoms with E-state index in [1.807, 2.05) is 180 Å². The first-order chi connectivity index (χ1) is 52.3. The maximum atomic E-state index is 13.8. The SMILES string of the molecule is COCCOCCCC(=O)CC(=O)N1Cc2ccccc2-c2c(nnn2CCOC(=O)NCCCCC(NC(C)(C)C)C(=O)OC(C)(C)C)-c2ccccc21.COCCOCCCC(=O)CC(=O)N1Cc2ccccc2-c2nnn(CCOC(=O)CCCCCC(NC(C)(C)C)C(=O)OC(C)(C)C)c2-c2ccccc21. The van der Waals surface area contributed by atoms with Gasteiger partial charge in [0.25, 0.3) is 0 Å². The van der Waals surface area contributed by atoms with Crippen LogP contribution in [0.3, 0.4) is 0 Å². The lowest BCUT2D eigenvalue weighted by Crippen LogP contribution is -2.49. The number of amides is 3. The summed E-state index contributed by atoms with van der Waals surface area (Å²) in [6, 6.07) is 29.6. The van der Waals surface area contributed by atoms with Gasteiger partial charge in [0.2, 0.25) is 11.8 Å². The summed E-state index contributed by atoms with van der Waals surface area (Å²) in [6.45, 7) is 27.5. The van der Waals surface area contributed by atoms with Crippen LogP contribution >= 0.6 is 0 Å². The summed E-state index contributed by atoms with van der Waals surface area (Å²) in [5.41, 5.74) is 7.13. The zero-order valence-electron chi connectivity index (χ0n) is 67.1. The van der Waals surface area contributed by atoms with Crippen LogP contribution in [0.1, 0.15) is 184 Å². The van der Waals surface area contributed by atoms with Crippen molar-refractivity contribution >= 4 is 58.8 Å². The van der Waals surface area contributed by atoms with Crippen LogP contribution in [0.4, 0.5) is 16.2 Å². The molecule has 3 N–H and O–H groups in total. The molecule has 0 fully saturated rings. The number of ether oxygens (including phenoxy) is 8. The zero-order chi connectivity index (χ0) is 80.0. The highest BCUT2D eigenvalue weighted by atomic mass is 16.6. The number of ketones is 2. The lowest BCUT2D eigenvalue weighted by atomic mass is 9.95. The molecule has 0 bridgehead atoms. The van der Waals surface area contributed by atoms with Crippen molar-refractivity contribution in [2.75, 3.05) is 83.4 Å². The highest BCUT2D eigenvalue weighted by Gasteiger charge is 2.34. The number of methoxy groups -OCH3 is 2. The zero-order valence-corrected chi connectivity index (χ0v) is 67.1. The number of rotatable bonds is 39. The van der Waals surface area contributed by atoms with Gasteiger partial charge in [-0.2, -0.15) is 0 Å². The summed E-state index contributed by atoms with van der Waals surface area (Å²) in [6.07, 6.45) is 5.47. The average Bonchev–Trinajstić information content (AvgIpc) is 1.51. The Morgan fingerprint density at radius 3 is 1.37 bits per heavy atom. The number of hydrogen-bond acceptors (Lipinski definition) is 22. The predicted molar refractivity (Wildman–Crippen MR) is 420 cm³/mol. The maximum absolute atomic E-state index is 13.8. The number of carbonyl (C=O) groups is 8. The van der Waals surface area contributed by atoms with E-state index in [9.17, 15) is 38.4 Å². The van der Waals surface area contributed by atoms with Crippen molar-refractivity contribution in [1.82, 2.24) is 45.9 Å². The molecule has 4 aromatic carbocycles. The van der Waals surface area contributed by atoms with Crippen molar-refractivity contribution < 1.29 is 76.3 Å². The van der Waals surface area contributed by atoms with E-state index in [0.29, 0.717) is 125 Å². The molecule has 600 valence electrons. The van der Waals surface area contributed by atoms with Gasteiger partial charge < -0.3 is 53.0 Å². The molecular formula is C83H117N11O16. The minimum Gasteiger partial charge on any atom is -0.464 e. The van der Waals surface area contributed by atoms with E-state index in [1.54, 1.807) is 33.4 Å². The Balaban J connectivity index is 0.000000306. The predicted octanol–water partition coefficient (Wildman–Crippen LogP) is 12.3. The Hall–Kier alpha value is -9.12. The largest absolute Gasteiger partial charge is 0.464 e. The lowest BCUT2D eigenvalue weighted by molar-refractivity contribution is -0.159. The topological polar surface area (TPSA) is 314 Å². The van der Waals surface area contributed by atoms with Crippen molar-refractivity contribution in [1.29, 1.82) is 0 Å². The number of nitrogens with zero attached hydrogens (tertiary/aromatic N) is 8. The molecule has 3 amide bonds. The number of anilines is 2.